The lowest BCUT2D eigenvalue weighted by Gasteiger charge is -2.07. The molecular formula is C16H21N3. The molecule has 1 aromatic heterocycles. The van der Waals surface area contributed by atoms with Gasteiger partial charge in [-0.2, -0.15) is 5.10 Å². The Morgan fingerprint density at radius 3 is 2.74 bits per heavy atom. The van der Waals surface area contributed by atoms with Crippen molar-refractivity contribution in [1.29, 1.82) is 0 Å². The highest BCUT2D eigenvalue weighted by Crippen LogP contribution is 2.23. The zero-order valence-electron chi connectivity index (χ0n) is 11.7. The second-order valence-electron chi connectivity index (χ2n) is 5.58. The van der Waals surface area contributed by atoms with Crippen molar-refractivity contribution in [2.24, 2.45) is 5.92 Å². The Labute approximate surface area is 114 Å². The molecule has 2 aromatic rings. The summed E-state index contributed by atoms with van der Waals surface area (Å²) < 4.78 is 2.11. The van der Waals surface area contributed by atoms with Crippen molar-refractivity contribution in [3.05, 3.63) is 41.7 Å². The Morgan fingerprint density at radius 2 is 2.05 bits per heavy atom. The number of aryl methyl sites for hydroxylation is 2. The van der Waals surface area contributed by atoms with E-state index in [-0.39, 0.29) is 0 Å². The minimum atomic E-state index is 0.727. The predicted molar refractivity (Wildman–Crippen MR) is 78.1 cm³/mol. The molecule has 19 heavy (non-hydrogen) atoms. The summed E-state index contributed by atoms with van der Waals surface area (Å²) in [5.41, 5.74) is 4.94. The lowest BCUT2D eigenvalue weighted by molar-refractivity contribution is 0.448. The summed E-state index contributed by atoms with van der Waals surface area (Å²) in [6.45, 7) is 7.51. The van der Waals surface area contributed by atoms with Crippen LogP contribution in [0.1, 0.15) is 17.7 Å². The van der Waals surface area contributed by atoms with Gasteiger partial charge in [0.2, 0.25) is 0 Å². The third-order valence-electron chi connectivity index (χ3n) is 3.92. The van der Waals surface area contributed by atoms with Gasteiger partial charge in [-0.05, 0) is 44.8 Å². The highest BCUT2D eigenvalue weighted by atomic mass is 15.3. The molecular weight excluding hydrogens is 234 g/mol. The normalized spacial score (nSPS) is 18.9. The summed E-state index contributed by atoms with van der Waals surface area (Å²) in [4.78, 5) is 0. The van der Waals surface area contributed by atoms with E-state index in [1.54, 1.807) is 0 Å². The second-order valence-corrected chi connectivity index (χ2v) is 5.58. The maximum Gasteiger partial charge on any atom is 0.0672 e. The molecule has 3 rings (SSSR count). The number of rotatable bonds is 3. The Hall–Kier alpha value is -1.61. The molecule has 0 radical (unpaired) electrons. The number of hydrogen-bond acceptors (Lipinski definition) is 2. The van der Waals surface area contributed by atoms with Gasteiger partial charge in [0.15, 0.2) is 0 Å². The van der Waals surface area contributed by atoms with Crippen molar-refractivity contribution < 1.29 is 0 Å². The van der Waals surface area contributed by atoms with Gasteiger partial charge < -0.3 is 5.32 Å². The summed E-state index contributed by atoms with van der Waals surface area (Å²) in [6.07, 6.45) is 3.46. The summed E-state index contributed by atoms with van der Waals surface area (Å²) in [5.74, 6) is 0.727. The third-order valence-corrected chi connectivity index (χ3v) is 3.92. The van der Waals surface area contributed by atoms with Crippen LogP contribution in [0.4, 0.5) is 0 Å². The Balaban J connectivity index is 1.82. The van der Waals surface area contributed by atoms with Crippen molar-refractivity contribution in [3.63, 3.8) is 0 Å². The fourth-order valence-corrected chi connectivity index (χ4v) is 2.76. The molecule has 1 unspecified atom stereocenters. The van der Waals surface area contributed by atoms with Crippen LogP contribution in [0, 0.1) is 19.8 Å². The van der Waals surface area contributed by atoms with Crippen LogP contribution in [0.3, 0.4) is 0 Å². The van der Waals surface area contributed by atoms with E-state index >= 15 is 0 Å². The molecule has 1 aliphatic heterocycles. The van der Waals surface area contributed by atoms with Crippen molar-refractivity contribution in [1.82, 2.24) is 15.1 Å². The summed E-state index contributed by atoms with van der Waals surface area (Å²) >= 11 is 0. The van der Waals surface area contributed by atoms with Crippen LogP contribution in [0.2, 0.25) is 0 Å². The quantitative estimate of drug-likeness (QED) is 0.914. The van der Waals surface area contributed by atoms with Gasteiger partial charge in [0.1, 0.15) is 0 Å². The monoisotopic (exact) mass is 255 g/mol. The van der Waals surface area contributed by atoms with E-state index < -0.39 is 0 Å². The van der Waals surface area contributed by atoms with Gasteiger partial charge in [-0.3, -0.25) is 4.68 Å². The Morgan fingerprint density at radius 1 is 1.26 bits per heavy atom. The molecule has 0 amide bonds. The number of hydrogen-bond donors (Lipinski definition) is 1. The van der Waals surface area contributed by atoms with E-state index in [0.717, 1.165) is 31.2 Å². The van der Waals surface area contributed by atoms with Gasteiger partial charge >= 0.3 is 0 Å². The van der Waals surface area contributed by atoms with Crippen molar-refractivity contribution in [3.8, 4) is 11.1 Å². The summed E-state index contributed by atoms with van der Waals surface area (Å²) in [5, 5.41) is 8.07. The summed E-state index contributed by atoms with van der Waals surface area (Å²) in [6, 6.07) is 8.68. The van der Waals surface area contributed by atoms with Crippen LogP contribution in [-0.2, 0) is 6.54 Å². The number of benzene rings is 1. The largest absolute Gasteiger partial charge is 0.316 e. The Bertz CT molecular complexity index is 548. The minimum Gasteiger partial charge on any atom is -0.316 e. The van der Waals surface area contributed by atoms with E-state index in [9.17, 15) is 0 Å². The highest BCUT2D eigenvalue weighted by Gasteiger charge is 2.16. The predicted octanol–water partition coefficient (Wildman–Crippen LogP) is 2.78. The standard InChI is InChI=1S/C16H21N3/c1-12-3-5-15(6-4-12)16-11-19(18-13(16)2)10-14-7-8-17-9-14/h3-6,11,14,17H,7-10H2,1-2H3. The summed E-state index contributed by atoms with van der Waals surface area (Å²) in [7, 11) is 0. The van der Waals surface area contributed by atoms with Crippen LogP contribution in [0.15, 0.2) is 30.5 Å². The maximum absolute atomic E-state index is 4.66. The van der Waals surface area contributed by atoms with Crippen molar-refractivity contribution in [2.45, 2.75) is 26.8 Å². The van der Waals surface area contributed by atoms with E-state index in [1.165, 1.54) is 23.1 Å². The van der Waals surface area contributed by atoms with Crippen LogP contribution < -0.4 is 5.32 Å². The van der Waals surface area contributed by atoms with Gasteiger partial charge in [-0.25, -0.2) is 0 Å². The lowest BCUT2D eigenvalue weighted by Crippen LogP contribution is -2.14. The van der Waals surface area contributed by atoms with Gasteiger partial charge in [-0.15, -0.1) is 0 Å². The van der Waals surface area contributed by atoms with Crippen LogP contribution in [0.25, 0.3) is 11.1 Å². The SMILES string of the molecule is Cc1ccc(-c2cn(CC3CCNC3)nc2C)cc1. The van der Waals surface area contributed by atoms with E-state index in [0.29, 0.717) is 0 Å². The molecule has 0 bridgehead atoms. The van der Waals surface area contributed by atoms with E-state index in [4.69, 9.17) is 0 Å². The van der Waals surface area contributed by atoms with Crippen LogP contribution >= 0.6 is 0 Å². The molecule has 1 aliphatic rings. The molecule has 2 heterocycles. The first kappa shape index (κ1) is 12.4. The average Bonchev–Trinajstić information content (AvgIpc) is 3.01. The van der Waals surface area contributed by atoms with Gasteiger partial charge in [0.25, 0.3) is 0 Å². The molecule has 1 atom stereocenters. The van der Waals surface area contributed by atoms with Crippen molar-refractivity contribution in [2.75, 3.05) is 13.1 Å². The molecule has 1 N–H and O–H groups in total. The maximum atomic E-state index is 4.66. The number of nitrogens with one attached hydrogen (secondary N) is 1. The molecule has 100 valence electrons. The fourth-order valence-electron chi connectivity index (χ4n) is 2.76. The van der Waals surface area contributed by atoms with Crippen LogP contribution in [0.5, 0.6) is 0 Å². The smallest absolute Gasteiger partial charge is 0.0672 e. The molecule has 3 heteroatoms. The first-order chi connectivity index (χ1) is 9.22. The number of aromatic nitrogens is 2. The third kappa shape index (κ3) is 2.71. The fraction of sp³-hybridized carbons (Fsp3) is 0.438. The highest BCUT2D eigenvalue weighted by molar-refractivity contribution is 5.65. The van der Waals surface area contributed by atoms with Crippen molar-refractivity contribution >= 4 is 0 Å². The zero-order chi connectivity index (χ0) is 13.2. The molecule has 1 fully saturated rings. The van der Waals surface area contributed by atoms with Gasteiger partial charge in [-0.1, -0.05) is 29.8 Å². The number of nitrogens with zero attached hydrogens (tertiary/aromatic N) is 2. The molecule has 1 saturated heterocycles. The Kier molecular flexibility index (Phi) is 3.38. The van der Waals surface area contributed by atoms with Gasteiger partial charge in [0, 0.05) is 18.3 Å². The van der Waals surface area contributed by atoms with Crippen LogP contribution in [-0.4, -0.2) is 22.9 Å². The first-order valence-electron chi connectivity index (χ1n) is 7.04. The average molecular weight is 255 g/mol. The first-order valence-corrected chi connectivity index (χ1v) is 7.04. The molecule has 3 nitrogen and oxygen atoms in total. The lowest BCUT2D eigenvalue weighted by atomic mass is 10.1. The van der Waals surface area contributed by atoms with E-state index in [1.807, 2.05) is 0 Å². The zero-order valence-corrected chi connectivity index (χ0v) is 11.7. The van der Waals surface area contributed by atoms with E-state index in [2.05, 4.69) is 59.4 Å². The minimum absolute atomic E-state index is 0.727. The second kappa shape index (κ2) is 5.17. The molecule has 0 aliphatic carbocycles. The van der Waals surface area contributed by atoms with Gasteiger partial charge in [0.05, 0.1) is 5.69 Å². The molecule has 1 aromatic carbocycles. The molecule has 0 saturated carbocycles. The molecule has 0 spiro atoms. The topological polar surface area (TPSA) is 29.9 Å².